The molecule has 0 aliphatic heterocycles. The van der Waals surface area contributed by atoms with Gasteiger partial charge in [0.25, 0.3) is 0 Å². The lowest BCUT2D eigenvalue weighted by atomic mass is 10.3. The average Bonchev–Trinajstić information content (AvgIpc) is 2.44. The molecule has 0 fully saturated rings. The molecule has 0 saturated heterocycles. The third-order valence-electron chi connectivity index (χ3n) is 2.57. The SMILES string of the molecule is CN(C)S(=O)(=O)Nc1ccc(Nc2ccc(F)c(Cl)c2)nn1. The number of anilines is 3. The smallest absolute Gasteiger partial charge is 0.302 e. The van der Waals surface area contributed by atoms with Gasteiger partial charge in [0.15, 0.2) is 11.6 Å². The number of aromatic nitrogens is 2. The number of halogens is 2. The van der Waals surface area contributed by atoms with E-state index in [1.54, 1.807) is 0 Å². The number of hydrogen-bond acceptors (Lipinski definition) is 5. The highest BCUT2D eigenvalue weighted by Gasteiger charge is 2.13. The van der Waals surface area contributed by atoms with Gasteiger partial charge in [0, 0.05) is 19.8 Å². The molecule has 1 aromatic heterocycles. The van der Waals surface area contributed by atoms with E-state index in [2.05, 4.69) is 20.2 Å². The molecule has 118 valence electrons. The molecule has 1 aromatic carbocycles. The first kappa shape index (κ1) is 16.4. The Balaban J connectivity index is 2.10. The zero-order valence-corrected chi connectivity index (χ0v) is 13.3. The fourth-order valence-electron chi connectivity index (χ4n) is 1.40. The van der Waals surface area contributed by atoms with Crippen LogP contribution in [0.4, 0.5) is 21.7 Å². The number of rotatable bonds is 5. The number of nitrogens with one attached hydrogen (secondary N) is 2. The van der Waals surface area contributed by atoms with Crippen molar-refractivity contribution in [3.63, 3.8) is 0 Å². The molecule has 2 rings (SSSR count). The van der Waals surface area contributed by atoms with Gasteiger partial charge >= 0.3 is 10.2 Å². The van der Waals surface area contributed by atoms with Crippen molar-refractivity contribution in [3.05, 3.63) is 41.2 Å². The summed E-state index contributed by atoms with van der Waals surface area (Å²) in [6.45, 7) is 0. The minimum Gasteiger partial charge on any atom is -0.339 e. The van der Waals surface area contributed by atoms with Crippen LogP contribution in [0.25, 0.3) is 0 Å². The first-order valence-electron chi connectivity index (χ1n) is 6.04. The van der Waals surface area contributed by atoms with Gasteiger partial charge in [-0.05, 0) is 30.3 Å². The normalized spacial score (nSPS) is 11.5. The van der Waals surface area contributed by atoms with Crippen LogP contribution in [0.2, 0.25) is 5.02 Å². The summed E-state index contributed by atoms with van der Waals surface area (Å²) in [5.74, 6) is -0.0846. The minimum atomic E-state index is -3.63. The van der Waals surface area contributed by atoms with Gasteiger partial charge in [-0.15, -0.1) is 10.2 Å². The molecule has 0 bridgehead atoms. The van der Waals surface area contributed by atoms with Crippen LogP contribution in [-0.2, 0) is 10.2 Å². The second kappa shape index (κ2) is 6.42. The zero-order valence-electron chi connectivity index (χ0n) is 11.7. The van der Waals surface area contributed by atoms with Crippen molar-refractivity contribution in [2.75, 3.05) is 24.1 Å². The topological polar surface area (TPSA) is 87.2 Å². The third-order valence-corrected chi connectivity index (χ3v) is 4.29. The Morgan fingerprint density at radius 1 is 1.14 bits per heavy atom. The van der Waals surface area contributed by atoms with Crippen LogP contribution in [0.1, 0.15) is 0 Å². The number of nitrogens with zero attached hydrogens (tertiary/aromatic N) is 3. The van der Waals surface area contributed by atoms with E-state index >= 15 is 0 Å². The second-order valence-corrected chi connectivity index (χ2v) is 6.74. The lowest BCUT2D eigenvalue weighted by Gasteiger charge is -2.12. The van der Waals surface area contributed by atoms with Crippen molar-refractivity contribution >= 4 is 39.1 Å². The minimum absolute atomic E-state index is 0.0201. The summed E-state index contributed by atoms with van der Waals surface area (Å²) < 4.78 is 39.6. The van der Waals surface area contributed by atoms with E-state index < -0.39 is 16.0 Å². The Labute approximate surface area is 132 Å². The molecule has 0 amide bonds. The Morgan fingerprint density at radius 2 is 1.77 bits per heavy atom. The van der Waals surface area contributed by atoms with Crippen LogP contribution in [0.5, 0.6) is 0 Å². The van der Waals surface area contributed by atoms with Crippen LogP contribution in [0, 0.1) is 5.82 Å². The molecule has 0 unspecified atom stereocenters. The molecular weight excluding hydrogens is 333 g/mol. The lowest BCUT2D eigenvalue weighted by Crippen LogP contribution is -2.29. The first-order valence-corrected chi connectivity index (χ1v) is 7.86. The van der Waals surface area contributed by atoms with E-state index in [4.69, 9.17) is 11.6 Å². The van der Waals surface area contributed by atoms with E-state index in [-0.39, 0.29) is 10.8 Å². The van der Waals surface area contributed by atoms with Gasteiger partial charge in [-0.2, -0.15) is 12.7 Å². The van der Waals surface area contributed by atoms with Gasteiger partial charge in [-0.1, -0.05) is 11.6 Å². The maximum atomic E-state index is 13.1. The summed E-state index contributed by atoms with van der Waals surface area (Å²) >= 11 is 5.68. The van der Waals surface area contributed by atoms with Crippen molar-refractivity contribution in [2.24, 2.45) is 0 Å². The van der Waals surface area contributed by atoms with Crippen LogP contribution in [0.15, 0.2) is 30.3 Å². The van der Waals surface area contributed by atoms with Gasteiger partial charge < -0.3 is 5.32 Å². The summed E-state index contributed by atoms with van der Waals surface area (Å²) in [5.41, 5.74) is 0.530. The van der Waals surface area contributed by atoms with E-state index in [0.717, 1.165) is 4.31 Å². The summed E-state index contributed by atoms with van der Waals surface area (Å²) in [6.07, 6.45) is 0. The molecule has 22 heavy (non-hydrogen) atoms. The molecule has 2 aromatic rings. The maximum Gasteiger partial charge on any atom is 0.302 e. The summed E-state index contributed by atoms with van der Waals surface area (Å²) in [7, 11) is -0.846. The first-order chi connectivity index (χ1) is 10.3. The summed E-state index contributed by atoms with van der Waals surface area (Å²) in [5, 5.41) is 10.4. The van der Waals surface area contributed by atoms with Gasteiger partial charge in [0.05, 0.1) is 5.02 Å². The highest BCUT2D eigenvalue weighted by atomic mass is 35.5. The van der Waals surface area contributed by atoms with Crippen LogP contribution < -0.4 is 10.0 Å². The highest BCUT2D eigenvalue weighted by molar-refractivity contribution is 7.90. The predicted molar refractivity (Wildman–Crippen MR) is 83.0 cm³/mol. The Morgan fingerprint density at radius 3 is 2.32 bits per heavy atom. The quantitative estimate of drug-likeness (QED) is 0.867. The molecule has 0 spiro atoms. The largest absolute Gasteiger partial charge is 0.339 e. The molecule has 0 atom stereocenters. The molecule has 1 heterocycles. The van der Waals surface area contributed by atoms with Crippen molar-refractivity contribution in [1.29, 1.82) is 0 Å². The molecule has 0 aliphatic carbocycles. The predicted octanol–water partition coefficient (Wildman–Crippen LogP) is 2.23. The number of benzene rings is 1. The highest BCUT2D eigenvalue weighted by Crippen LogP contribution is 2.22. The molecule has 10 heteroatoms. The fraction of sp³-hybridized carbons (Fsp3) is 0.167. The van der Waals surface area contributed by atoms with Crippen LogP contribution >= 0.6 is 11.6 Å². The van der Waals surface area contributed by atoms with Crippen molar-refractivity contribution in [2.45, 2.75) is 0 Å². The van der Waals surface area contributed by atoms with Gasteiger partial charge in [-0.3, -0.25) is 4.72 Å². The van der Waals surface area contributed by atoms with Gasteiger partial charge in [-0.25, -0.2) is 4.39 Å². The fourth-order valence-corrected chi connectivity index (χ4v) is 2.13. The van der Waals surface area contributed by atoms with Gasteiger partial charge in [0.2, 0.25) is 0 Å². The van der Waals surface area contributed by atoms with Crippen LogP contribution in [0.3, 0.4) is 0 Å². The number of hydrogen-bond donors (Lipinski definition) is 2. The van der Waals surface area contributed by atoms with Crippen molar-refractivity contribution < 1.29 is 12.8 Å². The van der Waals surface area contributed by atoms with E-state index in [9.17, 15) is 12.8 Å². The summed E-state index contributed by atoms with van der Waals surface area (Å²) in [6, 6.07) is 7.09. The Bertz CT molecular complexity index is 768. The Hall–Kier alpha value is -1.97. The average molecular weight is 346 g/mol. The lowest BCUT2D eigenvalue weighted by molar-refractivity contribution is 0.526. The van der Waals surface area contributed by atoms with Gasteiger partial charge in [0.1, 0.15) is 5.82 Å². The molecular formula is C12H13ClFN5O2S. The zero-order chi connectivity index (χ0) is 16.3. The van der Waals surface area contributed by atoms with Crippen LogP contribution in [-0.4, -0.2) is 37.0 Å². The Kier molecular flexibility index (Phi) is 4.79. The second-order valence-electron chi connectivity index (χ2n) is 4.45. The van der Waals surface area contributed by atoms with E-state index in [1.807, 2.05) is 0 Å². The maximum absolute atomic E-state index is 13.1. The summed E-state index contributed by atoms with van der Waals surface area (Å²) in [4.78, 5) is 0. The molecule has 2 N–H and O–H groups in total. The monoisotopic (exact) mass is 345 g/mol. The van der Waals surface area contributed by atoms with E-state index in [0.29, 0.717) is 11.5 Å². The van der Waals surface area contributed by atoms with Crippen molar-refractivity contribution in [3.8, 4) is 0 Å². The molecule has 0 aliphatic rings. The third kappa shape index (κ3) is 4.03. The van der Waals surface area contributed by atoms with Crippen molar-refractivity contribution in [1.82, 2.24) is 14.5 Å². The molecule has 0 saturated carbocycles. The molecule has 0 radical (unpaired) electrons. The van der Waals surface area contributed by atoms with E-state index in [1.165, 1.54) is 44.4 Å². The standard InChI is InChI=1S/C12H13ClFN5O2S/c1-19(2)22(20,21)18-12-6-5-11(16-17-12)15-8-3-4-10(14)9(13)7-8/h3-7H,1-2H3,(H,15,16)(H,17,18). The molecule has 7 nitrogen and oxygen atoms in total.